The summed E-state index contributed by atoms with van der Waals surface area (Å²) in [5, 5.41) is 10.4. The van der Waals surface area contributed by atoms with E-state index in [-0.39, 0.29) is 32.7 Å². The van der Waals surface area contributed by atoms with Crippen molar-refractivity contribution in [2.75, 3.05) is 53.6 Å². The zero-order valence-electron chi connectivity index (χ0n) is 32.1. The second-order valence-electron chi connectivity index (χ2n) is 14.3. The van der Waals surface area contributed by atoms with Crippen molar-refractivity contribution in [3.8, 4) is 22.6 Å². The summed E-state index contributed by atoms with van der Waals surface area (Å²) in [5.74, 6) is -1.98. The highest BCUT2D eigenvalue weighted by atomic mass is 16.6. The van der Waals surface area contributed by atoms with E-state index in [4.69, 9.17) is 29.4 Å². The third kappa shape index (κ3) is 13.1. The molecule has 0 spiro atoms. The number of benzene rings is 2. The minimum atomic E-state index is -1.25. The molecule has 3 rings (SSSR count). The number of ether oxygens (including phenoxy) is 5. The fraction of sp³-hybridized carbons (Fsp3) is 0.514. The molecule has 1 aliphatic rings. The van der Waals surface area contributed by atoms with Crippen molar-refractivity contribution in [2.45, 2.75) is 71.2 Å². The van der Waals surface area contributed by atoms with Crippen LogP contribution in [-0.2, 0) is 39.8 Å². The van der Waals surface area contributed by atoms with E-state index >= 15 is 0 Å². The summed E-state index contributed by atoms with van der Waals surface area (Å²) in [7, 11) is 2.60. The summed E-state index contributed by atoms with van der Waals surface area (Å²) in [4.78, 5) is 78.0. The van der Waals surface area contributed by atoms with E-state index in [0.717, 1.165) is 4.90 Å². The predicted molar refractivity (Wildman–Crippen MR) is 197 cm³/mol. The Labute approximate surface area is 314 Å². The van der Waals surface area contributed by atoms with Gasteiger partial charge in [0.15, 0.2) is 0 Å². The number of nitrogens with two attached hydrogens (primary N) is 1. The van der Waals surface area contributed by atoms with Crippen molar-refractivity contribution in [3.05, 3.63) is 47.5 Å². The zero-order valence-corrected chi connectivity index (χ0v) is 32.1. The SMILES string of the molecule is COC(=O)C1Cc2ccc(OCCNC(=O)OC(C)(C)C)c(c2)-c2cc(ccc2OCCNC(=O)OC(C)(C)C)C(N(C)C(=O)CN)C(=O)NCC(=O)N1. The van der Waals surface area contributed by atoms with E-state index in [0.29, 0.717) is 33.8 Å². The average molecular weight is 757 g/mol. The van der Waals surface area contributed by atoms with Crippen LogP contribution in [0.15, 0.2) is 36.4 Å². The van der Waals surface area contributed by atoms with Gasteiger partial charge in [0.2, 0.25) is 17.7 Å². The minimum absolute atomic E-state index is 0.00585. The van der Waals surface area contributed by atoms with Gasteiger partial charge in [-0.15, -0.1) is 0 Å². The first-order chi connectivity index (χ1) is 25.3. The van der Waals surface area contributed by atoms with Crippen LogP contribution in [0.4, 0.5) is 9.59 Å². The summed E-state index contributed by atoms with van der Waals surface area (Å²) >= 11 is 0. The summed E-state index contributed by atoms with van der Waals surface area (Å²) in [6.07, 6.45) is -1.24. The van der Waals surface area contributed by atoms with Crippen molar-refractivity contribution >= 4 is 35.9 Å². The maximum Gasteiger partial charge on any atom is 0.407 e. The molecule has 5 amide bonds. The lowest BCUT2D eigenvalue weighted by atomic mass is 9.94. The maximum absolute atomic E-state index is 13.7. The van der Waals surface area contributed by atoms with Crippen molar-refractivity contribution < 1.29 is 52.5 Å². The molecule has 1 heterocycles. The number of hydrogen-bond donors (Lipinski definition) is 5. The van der Waals surface area contributed by atoms with E-state index < -0.39 is 72.3 Å². The Bertz CT molecular complexity index is 1690. The van der Waals surface area contributed by atoms with Crippen LogP contribution in [0.2, 0.25) is 0 Å². The van der Waals surface area contributed by atoms with Crippen molar-refractivity contribution in [1.29, 1.82) is 0 Å². The minimum Gasteiger partial charge on any atom is -0.491 e. The molecule has 2 aromatic rings. The number of methoxy groups -OCH3 is 1. The molecule has 1 aliphatic heterocycles. The number of carbonyl (C=O) groups is 6. The number of alkyl carbamates (subject to hydrolysis) is 2. The van der Waals surface area contributed by atoms with E-state index in [9.17, 15) is 28.8 Å². The fourth-order valence-corrected chi connectivity index (χ4v) is 5.27. The zero-order chi connectivity index (χ0) is 40.2. The number of esters is 1. The number of hydrogen-bond acceptors (Lipinski definition) is 12. The molecular weight excluding hydrogens is 704 g/mol. The van der Waals surface area contributed by atoms with Gasteiger partial charge < -0.3 is 55.6 Å². The van der Waals surface area contributed by atoms with Crippen LogP contribution in [0.5, 0.6) is 11.5 Å². The van der Waals surface area contributed by atoms with Gasteiger partial charge in [0.25, 0.3) is 0 Å². The molecule has 0 aliphatic carbocycles. The average Bonchev–Trinajstić information content (AvgIpc) is 3.09. The van der Waals surface area contributed by atoms with Gasteiger partial charge in [-0.3, -0.25) is 14.4 Å². The van der Waals surface area contributed by atoms with Crippen LogP contribution in [0.25, 0.3) is 11.1 Å². The monoisotopic (exact) mass is 756 g/mol. The topological polar surface area (TPSA) is 226 Å². The predicted octanol–water partition coefficient (Wildman–Crippen LogP) is 1.95. The lowest BCUT2D eigenvalue weighted by molar-refractivity contribution is -0.145. The van der Waals surface area contributed by atoms with E-state index in [1.54, 1.807) is 77.9 Å². The van der Waals surface area contributed by atoms with Crippen LogP contribution in [0.1, 0.15) is 58.7 Å². The number of amides is 5. The van der Waals surface area contributed by atoms with Crippen LogP contribution < -0.4 is 36.5 Å². The number of fused-ring (bicyclic) bond motifs is 5. The highest BCUT2D eigenvalue weighted by molar-refractivity contribution is 5.93. The van der Waals surface area contributed by atoms with E-state index in [1.807, 2.05) is 0 Å². The molecular formula is C37H52N6O11. The van der Waals surface area contributed by atoms with E-state index in [2.05, 4.69) is 21.3 Å². The Morgan fingerprint density at radius 3 is 1.91 bits per heavy atom. The maximum atomic E-state index is 13.7. The number of nitrogens with one attached hydrogen (secondary N) is 4. The van der Waals surface area contributed by atoms with Gasteiger partial charge in [-0.25, -0.2) is 14.4 Å². The number of likely N-dealkylation sites (N-methyl/N-ethyl adjacent to an activating group) is 1. The van der Waals surface area contributed by atoms with Crippen molar-refractivity contribution in [2.24, 2.45) is 5.73 Å². The number of rotatable bonds is 11. The fourth-order valence-electron chi connectivity index (χ4n) is 5.27. The first-order valence-electron chi connectivity index (χ1n) is 17.4. The molecule has 6 N–H and O–H groups in total. The van der Waals surface area contributed by atoms with Gasteiger partial charge >= 0.3 is 18.2 Å². The van der Waals surface area contributed by atoms with Gasteiger partial charge in [-0.2, -0.15) is 0 Å². The molecule has 0 saturated heterocycles. The van der Waals surface area contributed by atoms with Crippen molar-refractivity contribution in [1.82, 2.24) is 26.2 Å². The summed E-state index contributed by atoms with van der Waals surface area (Å²) in [6, 6.07) is 7.58. The van der Waals surface area contributed by atoms with Crippen LogP contribution in [0, 0.1) is 0 Å². The van der Waals surface area contributed by atoms with Crippen LogP contribution in [0.3, 0.4) is 0 Å². The van der Waals surface area contributed by atoms with Gasteiger partial charge in [0.05, 0.1) is 33.3 Å². The Kier molecular flexibility index (Phi) is 15.0. The molecule has 296 valence electrons. The molecule has 17 heteroatoms. The van der Waals surface area contributed by atoms with Gasteiger partial charge in [-0.1, -0.05) is 12.1 Å². The number of nitrogens with zero attached hydrogens (tertiary/aromatic N) is 1. The Morgan fingerprint density at radius 2 is 1.39 bits per heavy atom. The smallest absolute Gasteiger partial charge is 0.407 e. The first-order valence-corrected chi connectivity index (χ1v) is 17.4. The Hall–Kier alpha value is -5.58. The molecule has 2 unspecified atom stereocenters. The van der Waals surface area contributed by atoms with Crippen molar-refractivity contribution in [3.63, 3.8) is 0 Å². The molecule has 54 heavy (non-hydrogen) atoms. The lowest BCUT2D eigenvalue weighted by Crippen LogP contribution is -2.49. The molecule has 0 fully saturated rings. The van der Waals surface area contributed by atoms with Crippen LogP contribution >= 0.6 is 0 Å². The Balaban J connectivity index is 2.15. The highest BCUT2D eigenvalue weighted by Gasteiger charge is 2.31. The molecule has 17 nitrogen and oxygen atoms in total. The standard InChI is InChI=1S/C37H52N6O11/c1-36(2,3)53-34(48)39-13-15-51-27-11-9-22-17-24(27)25-19-23(10-12-28(25)52-16-14-40-35(49)54-37(4,5)6)31(43(7)30(45)20-38)32(46)41-21-29(44)42-26(18-22)33(47)50-8/h9-12,17,19,26,31H,13-16,18,20-21,38H2,1-8H3,(H,39,48)(H,40,49)(H,41,46)(H,42,44). The van der Waals surface area contributed by atoms with Gasteiger partial charge in [0, 0.05) is 24.6 Å². The largest absolute Gasteiger partial charge is 0.491 e. The quantitative estimate of drug-likeness (QED) is 0.126. The summed E-state index contributed by atoms with van der Waals surface area (Å²) < 4.78 is 27.9. The first kappa shape index (κ1) is 42.8. The van der Waals surface area contributed by atoms with Gasteiger partial charge in [0.1, 0.15) is 48.0 Å². The third-order valence-electron chi connectivity index (χ3n) is 7.60. The normalized spacial score (nSPS) is 16.0. The molecule has 4 bridgehead atoms. The molecule has 0 radical (unpaired) electrons. The summed E-state index contributed by atoms with van der Waals surface area (Å²) in [5.41, 5.74) is 6.08. The molecule has 2 atom stereocenters. The second-order valence-corrected chi connectivity index (χ2v) is 14.3. The van der Waals surface area contributed by atoms with Gasteiger partial charge in [-0.05, 0) is 76.9 Å². The summed E-state index contributed by atoms with van der Waals surface area (Å²) in [6.45, 7) is 9.76. The lowest BCUT2D eigenvalue weighted by Gasteiger charge is -2.29. The van der Waals surface area contributed by atoms with Crippen LogP contribution in [-0.4, -0.2) is 112 Å². The number of carbonyl (C=O) groups excluding carboxylic acids is 6. The Morgan fingerprint density at radius 1 is 0.852 bits per heavy atom. The molecule has 2 aromatic carbocycles. The molecule has 0 aromatic heterocycles. The second kappa shape index (κ2) is 19.0. The third-order valence-corrected chi connectivity index (χ3v) is 7.60. The van der Waals surface area contributed by atoms with E-state index in [1.165, 1.54) is 14.2 Å². The molecule has 0 saturated carbocycles. The highest BCUT2D eigenvalue weighted by Crippen LogP contribution is 2.40.